The standard InChI is InChI=1S/C26H24ClF3N4O2/c1-25(2,3)36-24(35)33-9-8-15-4-5-16(10-18(15)12-33)17-6-7-20-19(11-17)21-22(23(27)32-14-31-21)34(20)13-26(28,29)30/h4-7,10-11,14H,8-9,12-13H2,1-3H3. The van der Waals surface area contributed by atoms with Crippen LogP contribution in [-0.2, 0) is 24.2 Å². The molecule has 4 aromatic rings. The summed E-state index contributed by atoms with van der Waals surface area (Å²) in [6.07, 6.45) is -2.82. The summed E-state index contributed by atoms with van der Waals surface area (Å²) in [5, 5.41) is 0.530. The van der Waals surface area contributed by atoms with Crippen LogP contribution in [0.4, 0.5) is 18.0 Å². The monoisotopic (exact) mass is 516 g/mol. The average Bonchev–Trinajstić information content (AvgIpc) is 3.10. The first-order valence-corrected chi connectivity index (χ1v) is 11.9. The third kappa shape index (κ3) is 4.72. The molecule has 1 amide bonds. The number of hydrogen-bond acceptors (Lipinski definition) is 4. The molecule has 3 heterocycles. The maximum atomic E-state index is 13.3. The molecule has 0 aliphatic carbocycles. The van der Waals surface area contributed by atoms with Gasteiger partial charge in [-0.15, -0.1) is 0 Å². The van der Waals surface area contributed by atoms with Crippen molar-refractivity contribution in [2.45, 2.75) is 52.1 Å². The topological polar surface area (TPSA) is 60.2 Å². The van der Waals surface area contributed by atoms with Gasteiger partial charge in [0.15, 0.2) is 5.15 Å². The van der Waals surface area contributed by atoms with E-state index in [0.717, 1.165) is 26.8 Å². The van der Waals surface area contributed by atoms with Crippen molar-refractivity contribution in [2.24, 2.45) is 0 Å². The number of halogens is 4. The largest absolute Gasteiger partial charge is 0.444 e. The fourth-order valence-electron chi connectivity index (χ4n) is 4.62. The Bertz CT molecular complexity index is 1490. The molecule has 0 N–H and O–H groups in total. The summed E-state index contributed by atoms with van der Waals surface area (Å²) in [4.78, 5) is 22.4. The predicted molar refractivity (Wildman–Crippen MR) is 132 cm³/mol. The first-order chi connectivity index (χ1) is 16.9. The molecule has 2 aromatic carbocycles. The fourth-order valence-corrected chi connectivity index (χ4v) is 4.85. The highest BCUT2D eigenvalue weighted by atomic mass is 35.5. The van der Waals surface area contributed by atoms with Crippen LogP contribution >= 0.6 is 11.6 Å². The number of ether oxygens (including phenoxy) is 1. The second kappa shape index (κ2) is 8.65. The number of fused-ring (bicyclic) bond motifs is 4. The molecule has 0 radical (unpaired) electrons. The normalized spacial score (nSPS) is 14.4. The third-order valence-corrected chi connectivity index (χ3v) is 6.41. The molecule has 0 unspecified atom stereocenters. The van der Waals surface area contributed by atoms with Crippen LogP contribution in [0.15, 0.2) is 42.7 Å². The van der Waals surface area contributed by atoms with Gasteiger partial charge in [-0.25, -0.2) is 14.8 Å². The van der Waals surface area contributed by atoms with Gasteiger partial charge in [0.25, 0.3) is 0 Å². The lowest BCUT2D eigenvalue weighted by Gasteiger charge is -2.31. The summed E-state index contributed by atoms with van der Waals surface area (Å²) in [6, 6.07) is 11.3. The van der Waals surface area contributed by atoms with Gasteiger partial charge in [0.1, 0.15) is 29.5 Å². The summed E-state index contributed by atoms with van der Waals surface area (Å²) in [7, 11) is 0. The lowest BCUT2D eigenvalue weighted by molar-refractivity contribution is -0.139. The van der Waals surface area contributed by atoms with E-state index in [1.165, 1.54) is 6.33 Å². The Labute approximate surface area is 210 Å². The molecule has 10 heteroatoms. The number of benzene rings is 2. The average molecular weight is 517 g/mol. The number of rotatable bonds is 2. The van der Waals surface area contributed by atoms with E-state index in [9.17, 15) is 18.0 Å². The molecule has 36 heavy (non-hydrogen) atoms. The first kappa shape index (κ1) is 24.4. The third-order valence-electron chi connectivity index (χ3n) is 6.13. The highest BCUT2D eigenvalue weighted by Crippen LogP contribution is 2.36. The smallest absolute Gasteiger partial charge is 0.410 e. The molecule has 0 saturated heterocycles. The zero-order valence-electron chi connectivity index (χ0n) is 20.0. The van der Waals surface area contributed by atoms with Crippen LogP contribution in [0.3, 0.4) is 0 Å². The van der Waals surface area contributed by atoms with Crippen molar-refractivity contribution in [3.63, 3.8) is 0 Å². The van der Waals surface area contributed by atoms with Crippen LogP contribution in [-0.4, -0.2) is 43.9 Å². The van der Waals surface area contributed by atoms with Gasteiger partial charge in [-0.3, -0.25) is 0 Å². The minimum atomic E-state index is -4.44. The Morgan fingerprint density at radius 2 is 1.78 bits per heavy atom. The van der Waals surface area contributed by atoms with Crippen molar-refractivity contribution in [1.82, 2.24) is 19.4 Å². The number of hydrogen-bond donors (Lipinski definition) is 0. The molecule has 5 rings (SSSR count). The van der Waals surface area contributed by atoms with Crippen LogP contribution in [0.2, 0.25) is 5.15 Å². The number of aromatic nitrogens is 3. The fraction of sp³-hybridized carbons (Fsp3) is 0.346. The number of amides is 1. The Kier molecular flexibility index (Phi) is 5.86. The molecule has 188 valence electrons. The van der Waals surface area contributed by atoms with E-state index in [0.29, 0.717) is 35.9 Å². The minimum absolute atomic E-state index is 0.0296. The molecule has 0 fully saturated rings. The second-order valence-electron chi connectivity index (χ2n) is 9.93. The van der Waals surface area contributed by atoms with E-state index in [2.05, 4.69) is 9.97 Å². The first-order valence-electron chi connectivity index (χ1n) is 11.5. The molecule has 1 aliphatic rings. The number of carbonyl (C=O) groups excluding carboxylic acids is 1. The van der Waals surface area contributed by atoms with E-state index in [1.807, 2.05) is 45.0 Å². The SMILES string of the molecule is CC(C)(C)OC(=O)N1CCc2ccc(-c3ccc4c(c3)c3ncnc(Cl)c3n4CC(F)(F)F)cc2C1. The van der Waals surface area contributed by atoms with Crippen LogP contribution in [0.5, 0.6) is 0 Å². The Hall–Kier alpha value is -3.33. The van der Waals surface area contributed by atoms with Gasteiger partial charge in [0.2, 0.25) is 0 Å². The summed E-state index contributed by atoms with van der Waals surface area (Å²) < 4.78 is 46.7. The molecule has 0 saturated carbocycles. The maximum Gasteiger partial charge on any atom is 0.410 e. The Morgan fingerprint density at radius 1 is 1.06 bits per heavy atom. The van der Waals surface area contributed by atoms with E-state index >= 15 is 0 Å². The summed E-state index contributed by atoms with van der Waals surface area (Å²) in [6.45, 7) is 5.31. The zero-order chi connectivity index (χ0) is 25.8. The maximum absolute atomic E-state index is 13.3. The van der Waals surface area contributed by atoms with Gasteiger partial charge in [-0.2, -0.15) is 13.2 Å². The van der Waals surface area contributed by atoms with E-state index in [-0.39, 0.29) is 16.8 Å². The van der Waals surface area contributed by atoms with Crippen molar-refractivity contribution in [1.29, 1.82) is 0 Å². The number of alkyl halides is 3. The zero-order valence-corrected chi connectivity index (χ0v) is 20.7. The van der Waals surface area contributed by atoms with Crippen LogP contribution in [0.1, 0.15) is 31.9 Å². The highest BCUT2D eigenvalue weighted by Gasteiger charge is 2.31. The van der Waals surface area contributed by atoms with Gasteiger partial charge in [0.05, 0.1) is 5.52 Å². The van der Waals surface area contributed by atoms with Gasteiger partial charge in [-0.05, 0) is 67.6 Å². The van der Waals surface area contributed by atoms with Crippen molar-refractivity contribution in [2.75, 3.05) is 6.54 Å². The van der Waals surface area contributed by atoms with Crippen molar-refractivity contribution in [3.8, 4) is 11.1 Å². The molecule has 0 bridgehead atoms. The molecule has 0 spiro atoms. The quantitative estimate of drug-likeness (QED) is 0.276. The molecular formula is C26H24ClF3N4O2. The minimum Gasteiger partial charge on any atom is -0.444 e. The Balaban J connectivity index is 1.54. The summed E-state index contributed by atoms with van der Waals surface area (Å²) in [5.41, 5.74) is 4.19. The van der Waals surface area contributed by atoms with Gasteiger partial charge in [-0.1, -0.05) is 29.8 Å². The van der Waals surface area contributed by atoms with Crippen LogP contribution < -0.4 is 0 Å². The predicted octanol–water partition coefficient (Wildman–Crippen LogP) is 6.76. The van der Waals surface area contributed by atoms with E-state index in [4.69, 9.17) is 16.3 Å². The van der Waals surface area contributed by atoms with Crippen LogP contribution in [0, 0.1) is 0 Å². The molecule has 6 nitrogen and oxygen atoms in total. The molecule has 2 aromatic heterocycles. The molecule has 0 atom stereocenters. The lowest BCUT2D eigenvalue weighted by atomic mass is 9.94. The number of carbonyl (C=O) groups is 1. The van der Waals surface area contributed by atoms with E-state index in [1.54, 1.807) is 17.0 Å². The second-order valence-corrected chi connectivity index (χ2v) is 10.3. The van der Waals surface area contributed by atoms with Crippen LogP contribution in [0.25, 0.3) is 33.1 Å². The highest BCUT2D eigenvalue weighted by molar-refractivity contribution is 6.34. The van der Waals surface area contributed by atoms with Crippen molar-refractivity contribution in [3.05, 3.63) is 59.0 Å². The van der Waals surface area contributed by atoms with E-state index < -0.39 is 18.3 Å². The summed E-state index contributed by atoms with van der Waals surface area (Å²) >= 11 is 6.20. The molecule has 1 aliphatic heterocycles. The van der Waals surface area contributed by atoms with Gasteiger partial charge >= 0.3 is 12.3 Å². The number of nitrogens with zero attached hydrogens (tertiary/aromatic N) is 4. The molecular weight excluding hydrogens is 493 g/mol. The van der Waals surface area contributed by atoms with Crippen molar-refractivity contribution < 1.29 is 22.7 Å². The van der Waals surface area contributed by atoms with Gasteiger partial charge < -0.3 is 14.2 Å². The lowest BCUT2D eigenvalue weighted by Crippen LogP contribution is -2.39. The Morgan fingerprint density at radius 3 is 2.50 bits per heavy atom. The van der Waals surface area contributed by atoms with Gasteiger partial charge in [0, 0.05) is 18.5 Å². The van der Waals surface area contributed by atoms with Crippen molar-refractivity contribution >= 4 is 39.6 Å². The summed E-state index contributed by atoms with van der Waals surface area (Å²) in [5.74, 6) is 0.